The summed E-state index contributed by atoms with van der Waals surface area (Å²) in [4.78, 5) is 0. The molecule has 4 nitrogen and oxygen atoms in total. The Morgan fingerprint density at radius 2 is 1.40 bits per heavy atom. The van der Waals surface area contributed by atoms with E-state index in [4.69, 9.17) is 0 Å². The zero-order valence-electron chi connectivity index (χ0n) is 13.3. The number of rotatable bonds is 12. The van der Waals surface area contributed by atoms with Gasteiger partial charge in [0, 0.05) is 5.25 Å². The van der Waals surface area contributed by atoms with Crippen molar-refractivity contribution in [2.75, 3.05) is 0 Å². The molecule has 20 heavy (non-hydrogen) atoms. The van der Waals surface area contributed by atoms with E-state index >= 15 is 0 Å². The maximum atomic E-state index is 10.7. The number of unbranched alkanes of at least 4 members (excludes halogenated alkanes) is 5. The van der Waals surface area contributed by atoms with Crippen LogP contribution < -0.4 is 29.6 Å². The Morgan fingerprint density at radius 3 is 1.85 bits per heavy atom. The van der Waals surface area contributed by atoms with E-state index in [9.17, 15) is 18.1 Å². The summed E-state index contributed by atoms with van der Waals surface area (Å²) in [5.41, 5.74) is 0. The monoisotopic (exact) mass is 316 g/mol. The van der Waals surface area contributed by atoms with E-state index < -0.39 is 15.4 Å². The zero-order valence-corrected chi connectivity index (χ0v) is 16.1. The van der Waals surface area contributed by atoms with Gasteiger partial charge in [0.1, 0.15) is 0 Å². The van der Waals surface area contributed by atoms with Gasteiger partial charge in [0.05, 0.1) is 16.2 Å². The van der Waals surface area contributed by atoms with Crippen molar-refractivity contribution < 1.29 is 47.6 Å². The SMILES string of the molecule is CCCCCC(O)CCCCCCC(C)S(=O)(=O)[O-].[Na+]. The second-order valence-corrected chi connectivity index (χ2v) is 7.23. The second-order valence-electron chi connectivity index (χ2n) is 5.44. The van der Waals surface area contributed by atoms with Crippen LogP contribution >= 0.6 is 0 Å². The Hall–Kier alpha value is 0.870. The minimum atomic E-state index is -4.11. The van der Waals surface area contributed by atoms with E-state index in [0.717, 1.165) is 44.9 Å². The molecule has 0 fully saturated rings. The number of aliphatic hydroxyl groups excluding tert-OH is 1. The maximum absolute atomic E-state index is 10.7. The predicted molar refractivity (Wildman–Crippen MR) is 77.0 cm³/mol. The molecule has 2 unspecified atom stereocenters. The Kier molecular flexibility index (Phi) is 15.7. The summed E-state index contributed by atoms with van der Waals surface area (Å²) in [5.74, 6) is 0. The van der Waals surface area contributed by atoms with Gasteiger partial charge in [-0.15, -0.1) is 0 Å². The third-order valence-corrected chi connectivity index (χ3v) is 4.75. The fourth-order valence-electron chi connectivity index (χ4n) is 2.08. The Balaban J connectivity index is 0. The van der Waals surface area contributed by atoms with Crippen LogP contribution in [-0.4, -0.2) is 29.4 Å². The molecule has 0 rings (SSSR count). The van der Waals surface area contributed by atoms with E-state index in [1.54, 1.807) is 0 Å². The molecule has 0 bridgehead atoms. The second kappa shape index (κ2) is 13.5. The summed E-state index contributed by atoms with van der Waals surface area (Å²) >= 11 is 0. The van der Waals surface area contributed by atoms with Gasteiger partial charge < -0.3 is 9.66 Å². The molecule has 6 heteroatoms. The molecule has 2 atom stereocenters. The molecule has 0 amide bonds. The summed E-state index contributed by atoms with van der Waals surface area (Å²) in [6, 6.07) is 0. The van der Waals surface area contributed by atoms with Crippen molar-refractivity contribution in [2.24, 2.45) is 0 Å². The minimum Gasteiger partial charge on any atom is -0.748 e. The third kappa shape index (κ3) is 13.8. The molecule has 0 saturated carbocycles. The van der Waals surface area contributed by atoms with Gasteiger partial charge >= 0.3 is 29.6 Å². The minimum absolute atomic E-state index is 0. The van der Waals surface area contributed by atoms with Crippen molar-refractivity contribution in [1.82, 2.24) is 0 Å². The van der Waals surface area contributed by atoms with Crippen molar-refractivity contribution >= 4 is 10.1 Å². The summed E-state index contributed by atoms with van der Waals surface area (Å²) in [7, 11) is -4.11. The van der Waals surface area contributed by atoms with E-state index in [2.05, 4.69) is 6.92 Å². The molecule has 0 saturated heterocycles. The zero-order chi connectivity index (χ0) is 14.7. The third-order valence-electron chi connectivity index (χ3n) is 3.53. The molecule has 0 aliphatic carbocycles. The van der Waals surface area contributed by atoms with E-state index in [1.807, 2.05) is 0 Å². The molecule has 0 aliphatic heterocycles. The van der Waals surface area contributed by atoms with Gasteiger partial charge in [-0.3, -0.25) is 0 Å². The maximum Gasteiger partial charge on any atom is 1.00 e. The van der Waals surface area contributed by atoms with Crippen molar-refractivity contribution in [3.63, 3.8) is 0 Å². The average molecular weight is 316 g/mol. The number of aliphatic hydroxyl groups is 1. The Bertz CT molecular complexity index is 306. The first-order chi connectivity index (χ1) is 8.88. The van der Waals surface area contributed by atoms with Crippen LogP contribution in [-0.2, 0) is 10.1 Å². The summed E-state index contributed by atoms with van der Waals surface area (Å²) in [5, 5.41) is 8.94. The van der Waals surface area contributed by atoms with Crippen LogP contribution in [0.25, 0.3) is 0 Å². The predicted octanol–water partition coefficient (Wildman–Crippen LogP) is 0.206. The van der Waals surface area contributed by atoms with Gasteiger partial charge in [-0.2, -0.15) is 0 Å². The smallest absolute Gasteiger partial charge is 0.748 e. The molecule has 1 N–H and O–H groups in total. The number of hydrogen-bond donors (Lipinski definition) is 1. The molecule has 0 aromatic carbocycles. The van der Waals surface area contributed by atoms with Crippen LogP contribution in [0.5, 0.6) is 0 Å². The van der Waals surface area contributed by atoms with Crippen LogP contribution in [0, 0.1) is 0 Å². The fourth-order valence-corrected chi connectivity index (χ4v) is 2.54. The molecular weight excluding hydrogens is 287 g/mol. The fraction of sp³-hybridized carbons (Fsp3) is 1.00. The average Bonchev–Trinajstić information content (AvgIpc) is 2.32. The first-order valence-electron chi connectivity index (χ1n) is 7.50. The molecule has 0 spiro atoms. The summed E-state index contributed by atoms with van der Waals surface area (Å²) in [6.07, 6.45) is 9.11. The summed E-state index contributed by atoms with van der Waals surface area (Å²) in [6.45, 7) is 3.62. The van der Waals surface area contributed by atoms with Gasteiger partial charge in [0.15, 0.2) is 0 Å². The first kappa shape index (κ1) is 23.1. The molecule has 0 radical (unpaired) electrons. The van der Waals surface area contributed by atoms with E-state index in [0.29, 0.717) is 6.42 Å². The molecule has 116 valence electrons. The van der Waals surface area contributed by atoms with E-state index in [-0.39, 0.29) is 35.7 Å². The standard InChI is InChI=1S/C14H30O4S.Na/c1-3-4-7-11-14(15)12-9-6-5-8-10-13(2)19(16,17)18;/h13-15H,3-12H2,1-2H3,(H,16,17,18);/q;+1/p-1. The van der Waals surface area contributed by atoms with Gasteiger partial charge in [-0.1, -0.05) is 51.9 Å². The molecule has 0 aromatic rings. The topological polar surface area (TPSA) is 77.4 Å². The summed E-state index contributed by atoms with van der Waals surface area (Å²) < 4.78 is 32.0. The van der Waals surface area contributed by atoms with Crippen molar-refractivity contribution in [3.05, 3.63) is 0 Å². The van der Waals surface area contributed by atoms with Crippen molar-refractivity contribution in [2.45, 2.75) is 89.4 Å². The van der Waals surface area contributed by atoms with Crippen LogP contribution in [0.3, 0.4) is 0 Å². The van der Waals surface area contributed by atoms with Crippen molar-refractivity contribution in [1.29, 1.82) is 0 Å². The van der Waals surface area contributed by atoms with Crippen LogP contribution in [0.2, 0.25) is 0 Å². The normalized spacial score (nSPS) is 14.6. The van der Waals surface area contributed by atoms with Crippen LogP contribution in [0.15, 0.2) is 0 Å². The Morgan fingerprint density at radius 1 is 0.950 bits per heavy atom. The molecule has 0 aromatic heterocycles. The first-order valence-corrected chi connectivity index (χ1v) is 8.97. The van der Waals surface area contributed by atoms with Gasteiger partial charge in [0.2, 0.25) is 0 Å². The number of hydrogen-bond acceptors (Lipinski definition) is 4. The Labute approximate surface area is 146 Å². The molecule has 0 heterocycles. The van der Waals surface area contributed by atoms with Gasteiger partial charge in [-0.05, 0) is 26.2 Å². The quantitative estimate of drug-likeness (QED) is 0.317. The van der Waals surface area contributed by atoms with Crippen LogP contribution in [0.4, 0.5) is 0 Å². The molecule has 0 aliphatic rings. The van der Waals surface area contributed by atoms with Crippen molar-refractivity contribution in [3.8, 4) is 0 Å². The largest absolute Gasteiger partial charge is 1.00 e. The van der Waals surface area contributed by atoms with Gasteiger partial charge in [0.25, 0.3) is 0 Å². The van der Waals surface area contributed by atoms with Gasteiger partial charge in [-0.25, -0.2) is 8.42 Å². The van der Waals surface area contributed by atoms with E-state index in [1.165, 1.54) is 19.8 Å². The van der Waals surface area contributed by atoms with Crippen LogP contribution in [0.1, 0.15) is 78.1 Å². The molecular formula is C14H29NaO4S.